The first-order valence-corrected chi connectivity index (χ1v) is 5.88. The lowest BCUT2D eigenvalue weighted by Gasteiger charge is -2.07. The summed E-state index contributed by atoms with van der Waals surface area (Å²) in [5, 5.41) is 8.26. The SMILES string of the molecule is O=C(O)/C=C\C(=O)Oc1ccc(S(=O)(=O)[O-])cc1. The van der Waals surface area contributed by atoms with Crippen LogP contribution in [0.2, 0.25) is 0 Å². The molecular weight excluding hydrogens is 264 g/mol. The van der Waals surface area contributed by atoms with Crippen LogP contribution in [0.4, 0.5) is 0 Å². The monoisotopic (exact) mass is 271 g/mol. The molecule has 0 atom stereocenters. The number of benzene rings is 1. The van der Waals surface area contributed by atoms with Gasteiger partial charge in [-0.15, -0.1) is 0 Å². The molecule has 96 valence electrons. The molecule has 0 saturated heterocycles. The quantitative estimate of drug-likeness (QED) is 0.357. The Balaban J connectivity index is 2.76. The normalized spacial score (nSPS) is 11.4. The zero-order chi connectivity index (χ0) is 13.8. The molecule has 1 rings (SSSR count). The lowest BCUT2D eigenvalue weighted by Crippen LogP contribution is -2.05. The van der Waals surface area contributed by atoms with Crippen LogP contribution >= 0.6 is 0 Å². The van der Waals surface area contributed by atoms with E-state index in [0.717, 1.165) is 24.3 Å². The largest absolute Gasteiger partial charge is 0.744 e. The fraction of sp³-hybridized carbons (Fsp3) is 0. The third-order valence-corrected chi connectivity index (χ3v) is 2.54. The molecule has 18 heavy (non-hydrogen) atoms. The number of carbonyl (C=O) groups is 2. The fourth-order valence-electron chi connectivity index (χ4n) is 0.964. The summed E-state index contributed by atoms with van der Waals surface area (Å²) in [4.78, 5) is 20.7. The number of carbonyl (C=O) groups excluding carboxylic acids is 1. The Morgan fingerprint density at radius 1 is 1.17 bits per heavy atom. The van der Waals surface area contributed by atoms with E-state index in [1.54, 1.807) is 0 Å². The van der Waals surface area contributed by atoms with Gasteiger partial charge in [-0.05, 0) is 24.3 Å². The van der Waals surface area contributed by atoms with Crippen LogP contribution in [0.3, 0.4) is 0 Å². The van der Waals surface area contributed by atoms with Crippen LogP contribution in [0.15, 0.2) is 41.3 Å². The smallest absolute Gasteiger partial charge is 0.336 e. The summed E-state index contributed by atoms with van der Waals surface area (Å²) in [6.45, 7) is 0. The van der Waals surface area contributed by atoms with Crippen LogP contribution in [0.1, 0.15) is 0 Å². The predicted molar refractivity (Wildman–Crippen MR) is 56.8 cm³/mol. The van der Waals surface area contributed by atoms with E-state index in [9.17, 15) is 22.6 Å². The summed E-state index contributed by atoms with van der Waals surface area (Å²) in [6, 6.07) is 4.17. The van der Waals surface area contributed by atoms with E-state index in [-0.39, 0.29) is 5.75 Å². The van der Waals surface area contributed by atoms with Gasteiger partial charge >= 0.3 is 11.9 Å². The third-order valence-electron chi connectivity index (χ3n) is 1.69. The Kier molecular flexibility index (Phi) is 4.18. The Bertz CT molecular complexity index is 583. The van der Waals surface area contributed by atoms with Crippen LogP contribution in [0, 0.1) is 0 Å². The van der Waals surface area contributed by atoms with Gasteiger partial charge < -0.3 is 14.4 Å². The number of hydrogen-bond donors (Lipinski definition) is 1. The van der Waals surface area contributed by atoms with E-state index in [2.05, 4.69) is 4.74 Å². The second-order valence-corrected chi connectivity index (χ2v) is 4.40. The highest BCUT2D eigenvalue weighted by molar-refractivity contribution is 7.85. The molecule has 0 aliphatic rings. The molecule has 0 aromatic heterocycles. The van der Waals surface area contributed by atoms with E-state index in [0.29, 0.717) is 12.2 Å². The number of rotatable bonds is 4. The van der Waals surface area contributed by atoms with E-state index in [1.165, 1.54) is 0 Å². The molecule has 0 unspecified atom stereocenters. The minimum atomic E-state index is -4.55. The van der Waals surface area contributed by atoms with Crippen molar-refractivity contribution in [2.75, 3.05) is 0 Å². The molecule has 0 aliphatic heterocycles. The predicted octanol–water partition coefficient (Wildman–Crippen LogP) is 0.137. The van der Waals surface area contributed by atoms with Crippen molar-refractivity contribution in [1.29, 1.82) is 0 Å². The van der Waals surface area contributed by atoms with Gasteiger partial charge in [0.25, 0.3) is 0 Å². The average Bonchev–Trinajstić information content (AvgIpc) is 2.26. The van der Waals surface area contributed by atoms with E-state index in [4.69, 9.17) is 5.11 Å². The van der Waals surface area contributed by atoms with Gasteiger partial charge in [-0.25, -0.2) is 18.0 Å². The molecule has 7 nitrogen and oxygen atoms in total. The van der Waals surface area contributed by atoms with Crippen molar-refractivity contribution in [3.05, 3.63) is 36.4 Å². The van der Waals surface area contributed by atoms with Gasteiger partial charge in [0.15, 0.2) is 0 Å². The van der Waals surface area contributed by atoms with Crippen molar-refractivity contribution in [3.8, 4) is 5.75 Å². The molecule has 1 aromatic carbocycles. The van der Waals surface area contributed by atoms with Crippen LogP contribution < -0.4 is 4.74 Å². The topological polar surface area (TPSA) is 121 Å². The van der Waals surface area contributed by atoms with Gasteiger partial charge in [0.05, 0.1) is 4.90 Å². The lowest BCUT2D eigenvalue weighted by molar-refractivity contribution is -0.133. The first kappa shape index (κ1) is 13.9. The van der Waals surface area contributed by atoms with Crippen LogP contribution in [-0.2, 0) is 19.7 Å². The molecule has 0 saturated carbocycles. The lowest BCUT2D eigenvalue weighted by atomic mass is 10.3. The van der Waals surface area contributed by atoms with E-state index in [1.807, 2.05) is 0 Å². The Morgan fingerprint density at radius 3 is 2.17 bits per heavy atom. The minimum absolute atomic E-state index is 0.0116. The first-order chi connectivity index (χ1) is 8.29. The minimum Gasteiger partial charge on any atom is -0.744 e. The summed E-state index contributed by atoms with van der Waals surface area (Å²) in [7, 11) is -4.55. The maximum atomic E-state index is 11.0. The number of hydrogen-bond acceptors (Lipinski definition) is 6. The molecule has 0 heterocycles. The van der Waals surface area contributed by atoms with Gasteiger partial charge in [-0.3, -0.25) is 0 Å². The van der Waals surface area contributed by atoms with Crippen molar-refractivity contribution in [2.24, 2.45) is 0 Å². The maximum absolute atomic E-state index is 11.0. The molecule has 0 bridgehead atoms. The summed E-state index contributed by atoms with van der Waals surface area (Å²) in [6.07, 6.45) is 1.29. The first-order valence-electron chi connectivity index (χ1n) is 4.48. The maximum Gasteiger partial charge on any atom is 0.336 e. The number of carboxylic acid groups (broad SMARTS) is 1. The highest BCUT2D eigenvalue weighted by Crippen LogP contribution is 2.15. The van der Waals surface area contributed by atoms with Gasteiger partial charge in [0, 0.05) is 12.2 Å². The standard InChI is InChI=1S/C10H8O7S/c11-9(12)5-6-10(13)17-7-1-3-8(4-2-7)18(14,15)16/h1-6H,(H,11,12)(H,14,15,16)/p-1/b6-5-. The zero-order valence-corrected chi connectivity index (χ0v) is 9.59. The number of carboxylic acids is 1. The molecule has 8 heteroatoms. The number of esters is 1. The van der Waals surface area contributed by atoms with Crippen LogP contribution in [0.25, 0.3) is 0 Å². The van der Waals surface area contributed by atoms with Crippen molar-refractivity contribution < 1.29 is 32.4 Å². The Hall–Kier alpha value is -2.19. The fourth-order valence-corrected chi connectivity index (χ4v) is 1.43. The van der Waals surface area contributed by atoms with Crippen molar-refractivity contribution in [1.82, 2.24) is 0 Å². The van der Waals surface area contributed by atoms with Crippen LogP contribution in [-0.4, -0.2) is 30.0 Å². The van der Waals surface area contributed by atoms with Gasteiger partial charge in [0.2, 0.25) is 0 Å². The van der Waals surface area contributed by atoms with Crippen LogP contribution in [0.5, 0.6) is 5.75 Å². The number of aliphatic carboxylic acids is 1. The second kappa shape index (κ2) is 5.43. The zero-order valence-electron chi connectivity index (χ0n) is 8.77. The average molecular weight is 271 g/mol. The van der Waals surface area contributed by atoms with Gasteiger partial charge in [-0.1, -0.05) is 0 Å². The van der Waals surface area contributed by atoms with Gasteiger partial charge in [0.1, 0.15) is 15.9 Å². The summed E-state index contributed by atoms with van der Waals surface area (Å²) in [5.74, 6) is -2.25. The highest BCUT2D eigenvalue weighted by atomic mass is 32.2. The molecule has 1 N–H and O–H groups in total. The molecule has 0 spiro atoms. The van der Waals surface area contributed by atoms with E-state index >= 15 is 0 Å². The van der Waals surface area contributed by atoms with Crippen molar-refractivity contribution in [2.45, 2.75) is 4.90 Å². The molecule has 0 aliphatic carbocycles. The molecule has 0 radical (unpaired) electrons. The number of ether oxygens (including phenoxy) is 1. The summed E-state index contributed by atoms with van der Waals surface area (Å²) < 4.78 is 36.5. The van der Waals surface area contributed by atoms with Gasteiger partial charge in [-0.2, -0.15) is 0 Å². The second-order valence-electron chi connectivity index (χ2n) is 3.02. The van der Waals surface area contributed by atoms with E-state index < -0.39 is 27.0 Å². The van der Waals surface area contributed by atoms with Crippen molar-refractivity contribution in [3.63, 3.8) is 0 Å². The Morgan fingerprint density at radius 2 is 1.72 bits per heavy atom. The molecule has 0 fully saturated rings. The molecule has 1 aromatic rings. The molecule has 0 amide bonds. The highest BCUT2D eigenvalue weighted by Gasteiger charge is 2.04. The third kappa shape index (κ3) is 4.36. The summed E-state index contributed by atoms with van der Waals surface area (Å²) >= 11 is 0. The summed E-state index contributed by atoms with van der Waals surface area (Å²) in [5.41, 5.74) is 0. The van der Waals surface area contributed by atoms with Crippen molar-refractivity contribution >= 4 is 22.1 Å². The Labute approximate surface area is 102 Å². The molecular formula is C10H7O7S-.